The Balaban J connectivity index is 1.45. The molecule has 8 nitrogen and oxygen atoms in total. The molecule has 9 heteroatoms. The molecule has 0 radical (unpaired) electrons. The standard InChI is InChI=1S/C21H20ClN5O3/c1-12(2)13-6-8-15(9-7-13)23-17(28)11-26-19-18(24-25-26)20(29)27(21(19)30)16-5-3-4-14(22)10-16/h3-10,12,18-19H,11H2,1-2H3,(H,23,28). The third-order valence-corrected chi connectivity index (χ3v) is 5.33. The first-order valence-corrected chi connectivity index (χ1v) is 9.93. The Morgan fingerprint density at radius 2 is 1.87 bits per heavy atom. The fraction of sp³-hybridized carbons (Fsp3) is 0.286. The molecule has 0 bridgehead atoms. The van der Waals surface area contributed by atoms with Crippen LogP contribution in [0.5, 0.6) is 0 Å². The highest BCUT2D eigenvalue weighted by molar-refractivity contribution is 6.31. The van der Waals surface area contributed by atoms with E-state index in [2.05, 4.69) is 29.5 Å². The highest BCUT2D eigenvalue weighted by atomic mass is 35.5. The van der Waals surface area contributed by atoms with Crippen LogP contribution in [-0.4, -0.2) is 41.4 Å². The summed E-state index contributed by atoms with van der Waals surface area (Å²) in [6.07, 6.45) is 0. The van der Waals surface area contributed by atoms with Crippen LogP contribution in [0.4, 0.5) is 11.4 Å². The molecule has 2 heterocycles. The van der Waals surface area contributed by atoms with Gasteiger partial charge >= 0.3 is 0 Å². The second kappa shape index (κ2) is 7.87. The van der Waals surface area contributed by atoms with Crippen molar-refractivity contribution in [1.29, 1.82) is 0 Å². The van der Waals surface area contributed by atoms with Gasteiger partial charge in [-0.05, 0) is 41.8 Å². The minimum absolute atomic E-state index is 0.195. The number of rotatable bonds is 5. The number of benzene rings is 2. The lowest BCUT2D eigenvalue weighted by Gasteiger charge is -2.20. The third kappa shape index (κ3) is 3.66. The molecule has 0 saturated carbocycles. The van der Waals surface area contributed by atoms with Crippen molar-refractivity contribution in [3.05, 3.63) is 59.1 Å². The highest BCUT2D eigenvalue weighted by Crippen LogP contribution is 2.32. The van der Waals surface area contributed by atoms with Gasteiger partial charge in [0, 0.05) is 10.7 Å². The lowest BCUT2D eigenvalue weighted by Crippen LogP contribution is -2.43. The van der Waals surface area contributed by atoms with E-state index in [1.165, 1.54) is 16.6 Å². The smallest absolute Gasteiger partial charge is 0.263 e. The van der Waals surface area contributed by atoms with Crippen LogP contribution in [0.25, 0.3) is 0 Å². The lowest BCUT2D eigenvalue weighted by molar-refractivity contribution is -0.123. The van der Waals surface area contributed by atoms with Crippen molar-refractivity contribution in [2.24, 2.45) is 10.3 Å². The number of carbonyl (C=O) groups is 3. The van der Waals surface area contributed by atoms with Crippen LogP contribution >= 0.6 is 11.6 Å². The van der Waals surface area contributed by atoms with Crippen LogP contribution < -0.4 is 10.2 Å². The quantitative estimate of drug-likeness (QED) is 0.743. The van der Waals surface area contributed by atoms with Crippen molar-refractivity contribution in [3.63, 3.8) is 0 Å². The Morgan fingerprint density at radius 3 is 2.53 bits per heavy atom. The van der Waals surface area contributed by atoms with Gasteiger partial charge in [0.25, 0.3) is 11.8 Å². The van der Waals surface area contributed by atoms with Gasteiger partial charge in [-0.2, -0.15) is 5.11 Å². The Labute approximate surface area is 178 Å². The van der Waals surface area contributed by atoms with Crippen molar-refractivity contribution >= 4 is 40.7 Å². The Kier molecular flexibility index (Phi) is 5.26. The molecule has 1 saturated heterocycles. The molecule has 154 valence electrons. The topological polar surface area (TPSA) is 94.4 Å². The second-order valence-corrected chi connectivity index (χ2v) is 7.95. The van der Waals surface area contributed by atoms with Crippen molar-refractivity contribution in [3.8, 4) is 0 Å². The zero-order valence-corrected chi connectivity index (χ0v) is 17.2. The molecule has 2 aliphatic rings. The van der Waals surface area contributed by atoms with Gasteiger partial charge in [0.15, 0.2) is 12.1 Å². The number of amides is 3. The minimum Gasteiger partial charge on any atom is -0.324 e. The largest absolute Gasteiger partial charge is 0.324 e. The molecule has 2 atom stereocenters. The summed E-state index contributed by atoms with van der Waals surface area (Å²) in [5, 5.41) is 12.3. The van der Waals surface area contributed by atoms with Crippen LogP contribution in [-0.2, 0) is 14.4 Å². The van der Waals surface area contributed by atoms with Gasteiger partial charge in [-0.1, -0.05) is 48.9 Å². The molecule has 3 amide bonds. The molecular weight excluding hydrogens is 406 g/mol. The van der Waals surface area contributed by atoms with Crippen LogP contribution in [0.15, 0.2) is 58.9 Å². The maximum atomic E-state index is 12.9. The van der Waals surface area contributed by atoms with Crippen molar-refractivity contribution in [2.75, 3.05) is 16.8 Å². The van der Waals surface area contributed by atoms with E-state index >= 15 is 0 Å². The first-order valence-electron chi connectivity index (χ1n) is 9.56. The molecule has 4 rings (SSSR count). The van der Waals surface area contributed by atoms with Gasteiger partial charge in [-0.15, -0.1) is 0 Å². The van der Waals surface area contributed by atoms with E-state index in [0.29, 0.717) is 22.3 Å². The van der Waals surface area contributed by atoms with Gasteiger partial charge in [0.2, 0.25) is 5.91 Å². The van der Waals surface area contributed by atoms with E-state index in [9.17, 15) is 14.4 Å². The van der Waals surface area contributed by atoms with Crippen LogP contribution in [0.2, 0.25) is 5.02 Å². The normalized spacial score (nSPS) is 20.3. The zero-order chi connectivity index (χ0) is 21.4. The van der Waals surface area contributed by atoms with Crippen LogP contribution in [0.3, 0.4) is 0 Å². The summed E-state index contributed by atoms with van der Waals surface area (Å²) >= 11 is 5.99. The number of anilines is 2. The number of carbonyl (C=O) groups excluding carboxylic acids is 3. The fourth-order valence-electron chi connectivity index (χ4n) is 3.52. The molecule has 2 aromatic carbocycles. The molecule has 2 unspecified atom stereocenters. The number of nitrogens with zero attached hydrogens (tertiary/aromatic N) is 4. The monoisotopic (exact) mass is 425 g/mol. The summed E-state index contributed by atoms with van der Waals surface area (Å²) < 4.78 is 0. The van der Waals surface area contributed by atoms with Gasteiger partial charge < -0.3 is 5.32 Å². The average molecular weight is 426 g/mol. The zero-order valence-electron chi connectivity index (χ0n) is 16.4. The molecular formula is C21H20ClN5O3. The average Bonchev–Trinajstić information content (AvgIpc) is 3.22. The van der Waals surface area contributed by atoms with Gasteiger partial charge in [0.05, 0.1) is 5.69 Å². The summed E-state index contributed by atoms with van der Waals surface area (Å²) in [6.45, 7) is 3.99. The predicted molar refractivity (Wildman–Crippen MR) is 112 cm³/mol. The van der Waals surface area contributed by atoms with Crippen molar-refractivity contribution in [2.45, 2.75) is 31.8 Å². The molecule has 2 aliphatic heterocycles. The molecule has 1 N–H and O–H groups in total. The Hall–Kier alpha value is -3.26. The molecule has 1 fully saturated rings. The number of hydrogen-bond acceptors (Lipinski definition) is 6. The predicted octanol–water partition coefficient (Wildman–Crippen LogP) is 3.40. The summed E-state index contributed by atoms with van der Waals surface area (Å²) in [6, 6.07) is 12.1. The van der Waals surface area contributed by atoms with E-state index in [1.807, 2.05) is 24.3 Å². The molecule has 0 spiro atoms. The SMILES string of the molecule is CC(C)c1ccc(NC(=O)CN2N=NC3C(=O)N(c4cccc(Cl)c4)C(=O)C32)cc1. The number of nitrogens with one attached hydrogen (secondary N) is 1. The molecule has 2 aromatic rings. The number of imide groups is 1. The van der Waals surface area contributed by atoms with Crippen LogP contribution in [0.1, 0.15) is 25.3 Å². The number of halogens is 1. The maximum Gasteiger partial charge on any atom is 0.263 e. The fourth-order valence-corrected chi connectivity index (χ4v) is 3.71. The van der Waals surface area contributed by atoms with E-state index in [-0.39, 0.29) is 12.5 Å². The van der Waals surface area contributed by atoms with E-state index in [0.717, 1.165) is 4.90 Å². The van der Waals surface area contributed by atoms with Crippen LogP contribution in [0, 0.1) is 0 Å². The Bertz CT molecular complexity index is 1040. The summed E-state index contributed by atoms with van der Waals surface area (Å²) in [4.78, 5) is 39.2. The highest BCUT2D eigenvalue weighted by Gasteiger charge is 2.55. The second-order valence-electron chi connectivity index (χ2n) is 7.51. The summed E-state index contributed by atoms with van der Waals surface area (Å²) in [7, 11) is 0. The first kappa shape index (κ1) is 20.0. The summed E-state index contributed by atoms with van der Waals surface area (Å²) in [5.41, 5.74) is 2.18. The maximum absolute atomic E-state index is 12.9. The van der Waals surface area contributed by atoms with E-state index in [1.54, 1.807) is 18.2 Å². The van der Waals surface area contributed by atoms with Crippen molar-refractivity contribution < 1.29 is 14.4 Å². The van der Waals surface area contributed by atoms with Gasteiger partial charge in [-0.3, -0.25) is 19.4 Å². The van der Waals surface area contributed by atoms with E-state index < -0.39 is 23.9 Å². The lowest BCUT2D eigenvalue weighted by atomic mass is 10.0. The summed E-state index contributed by atoms with van der Waals surface area (Å²) in [5.74, 6) is -0.923. The molecule has 0 aliphatic carbocycles. The number of fused-ring (bicyclic) bond motifs is 1. The van der Waals surface area contributed by atoms with Gasteiger partial charge in [-0.25, -0.2) is 4.90 Å². The Morgan fingerprint density at radius 1 is 1.13 bits per heavy atom. The minimum atomic E-state index is -0.963. The van der Waals surface area contributed by atoms with Gasteiger partial charge in [0.1, 0.15) is 6.54 Å². The molecule has 30 heavy (non-hydrogen) atoms. The number of hydrogen-bond donors (Lipinski definition) is 1. The van der Waals surface area contributed by atoms with E-state index in [4.69, 9.17) is 11.6 Å². The van der Waals surface area contributed by atoms with Crippen molar-refractivity contribution in [1.82, 2.24) is 5.01 Å². The third-order valence-electron chi connectivity index (χ3n) is 5.09. The first-order chi connectivity index (χ1) is 14.3. The molecule has 0 aromatic heterocycles.